The number of carbonyl (C=O) groups is 1. The lowest BCUT2D eigenvalue weighted by Gasteiger charge is -2.21. The molecule has 0 aliphatic carbocycles. The molecule has 2 amide bonds. The van der Waals surface area contributed by atoms with Gasteiger partial charge in [0.25, 0.3) is 0 Å². The zero-order valence-corrected chi connectivity index (χ0v) is 14.6. The van der Waals surface area contributed by atoms with Crippen LogP contribution in [0.15, 0.2) is 36.7 Å². The Kier molecular flexibility index (Phi) is 5.42. The van der Waals surface area contributed by atoms with Gasteiger partial charge in [0, 0.05) is 25.5 Å². The Morgan fingerprint density at radius 1 is 1.28 bits per heavy atom. The van der Waals surface area contributed by atoms with Crippen LogP contribution in [0.4, 0.5) is 4.79 Å². The van der Waals surface area contributed by atoms with Crippen molar-refractivity contribution in [3.63, 3.8) is 0 Å². The van der Waals surface area contributed by atoms with Gasteiger partial charge in [-0.05, 0) is 36.6 Å². The molecular formula is C18H24N4O3. The summed E-state index contributed by atoms with van der Waals surface area (Å²) in [5.74, 6) is 1.76. The van der Waals surface area contributed by atoms with Crippen molar-refractivity contribution >= 4 is 6.03 Å². The Morgan fingerprint density at radius 2 is 2.08 bits per heavy atom. The van der Waals surface area contributed by atoms with E-state index in [1.165, 1.54) is 0 Å². The molecule has 0 radical (unpaired) electrons. The molecule has 0 saturated carbocycles. The molecule has 7 nitrogen and oxygen atoms in total. The quantitative estimate of drug-likeness (QED) is 0.843. The van der Waals surface area contributed by atoms with E-state index in [1.807, 2.05) is 42.1 Å². The van der Waals surface area contributed by atoms with E-state index < -0.39 is 0 Å². The summed E-state index contributed by atoms with van der Waals surface area (Å²) in [5, 5.41) is 10.0. The summed E-state index contributed by atoms with van der Waals surface area (Å²) >= 11 is 0. The first-order valence-electron chi connectivity index (χ1n) is 8.53. The first-order valence-corrected chi connectivity index (χ1v) is 8.53. The molecule has 2 N–H and O–H groups in total. The molecule has 0 unspecified atom stereocenters. The van der Waals surface area contributed by atoms with Crippen molar-refractivity contribution < 1.29 is 14.3 Å². The summed E-state index contributed by atoms with van der Waals surface area (Å²) in [6, 6.07) is 7.32. The molecule has 1 aliphatic rings. The second-order valence-electron chi connectivity index (χ2n) is 6.31. The molecule has 25 heavy (non-hydrogen) atoms. The molecule has 1 aliphatic heterocycles. The van der Waals surface area contributed by atoms with Crippen molar-refractivity contribution in [2.24, 2.45) is 5.92 Å². The number of benzene rings is 1. The third-order valence-electron chi connectivity index (χ3n) is 4.08. The van der Waals surface area contributed by atoms with E-state index in [0.717, 1.165) is 23.6 Å². The van der Waals surface area contributed by atoms with Crippen molar-refractivity contribution in [1.29, 1.82) is 0 Å². The molecule has 2 aromatic rings. The van der Waals surface area contributed by atoms with Crippen LogP contribution in [0.2, 0.25) is 0 Å². The molecule has 1 aromatic carbocycles. The average molecular weight is 344 g/mol. The second kappa shape index (κ2) is 7.92. The highest BCUT2D eigenvalue weighted by Gasteiger charge is 2.16. The van der Waals surface area contributed by atoms with Gasteiger partial charge in [-0.25, -0.2) is 4.79 Å². The Hall–Kier alpha value is -2.70. The number of amides is 2. The van der Waals surface area contributed by atoms with E-state index in [0.29, 0.717) is 19.8 Å². The standard InChI is InChI=1S/C18H24N4O3/c1-13(12-22-7-3-6-20-22)11-19-18(23)21-14(2)15-4-5-16-17(10-15)25-9-8-24-16/h3-7,10,13-14H,8-9,11-12H2,1-2H3,(H2,19,21,23)/t13-,14-/m1/s1. The Balaban J connectivity index is 1.47. The van der Waals surface area contributed by atoms with Gasteiger partial charge >= 0.3 is 6.03 Å². The monoisotopic (exact) mass is 344 g/mol. The van der Waals surface area contributed by atoms with Crippen LogP contribution in [-0.2, 0) is 6.54 Å². The van der Waals surface area contributed by atoms with Crippen LogP contribution in [0, 0.1) is 5.92 Å². The summed E-state index contributed by atoms with van der Waals surface area (Å²) < 4.78 is 13.0. The van der Waals surface area contributed by atoms with Crippen molar-refractivity contribution in [2.75, 3.05) is 19.8 Å². The van der Waals surface area contributed by atoms with Crippen LogP contribution in [0.5, 0.6) is 11.5 Å². The lowest BCUT2D eigenvalue weighted by atomic mass is 10.1. The fraction of sp³-hybridized carbons (Fsp3) is 0.444. The Bertz CT molecular complexity index is 702. The number of hydrogen-bond acceptors (Lipinski definition) is 4. The SMILES string of the molecule is C[C@H](CNC(=O)N[C@H](C)c1ccc2c(c1)OCCO2)Cn1cccn1. The van der Waals surface area contributed by atoms with Crippen molar-refractivity contribution in [3.8, 4) is 11.5 Å². The van der Waals surface area contributed by atoms with Crippen molar-refractivity contribution in [1.82, 2.24) is 20.4 Å². The normalized spacial score (nSPS) is 15.3. The third-order valence-corrected chi connectivity index (χ3v) is 4.08. The maximum atomic E-state index is 12.1. The molecule has 7 heteroatoms. The van der Waals surface area contributed by atoms with Gasteiger partial charge in [0.2, 0.25) is 0 Å². The number of carbonyl (C=O) groups excluding carboxylic acids is 1. The fourth-order valence-electron chi connectivity index (χ4n) is 2.72. The maximum Gasteiger partial charge on any atom is 0.315 e. The average Bonchev–Trinajstić information content (AvgIpc) is 3.12. The van der Waals surface area contributed by atoms with Gasteiger partial charge in [-0.2, -0.15) is 5.10 Å². The molecule has 0 spiro atoms. The molecule has 134 valence electrons. The molecule has 0 fully saturated rings. The number of nitrogens with zero attached hydrogens (tertiary/aromatic N) is 2. The van der Waals surface area contributed by atoms with Crippen LogP contribution in [-0.4, -0.2) is 35.6 Å². The number of urea groups is 1. The van der Waals surface area contributed by atoms with Gasteiger partial charge in [-0.1, -0.05) is 13.0 Å². The van der Waals surface area contributed by atoms with E-state index in [1.54, 1.807) is 6.20 Å². The van der Waals surface area contributed by atoms with Crippen LogP contribution < -0.4 is 20.1 Å². The predicted octanol–water partition coefficient (Wildman–Crippen LogP) is 2.35. The van der Waals surface area contributed by atoms with Crippen LogP contribution >= 0.6 is 0 Å². The van der Waals surface area contributed by atoms with E-state index in [4.69, 9.17) is 9.47 Å². The molecule has 0 bridgehead atoms. The van der Waals surface area contributed by atoms with Gasteiger partial charge in [-0.3, -0.25) is 4.68 Å². The van der Waals surface area contributed by atoms with Crippen LogP contribution in [0.3, 0.4) is 0 Å². The summed E-state index contributed by atoms with van der Waals surface area (Å²) in [6.07, 6.45) is 3.67. The maximum absolute atomic E-state index is 12.1. The number of rotatable bonds is 6. The van der Waals surface area contributed by atoms with E-state index in [-0.39, 0.29) is 18.0 Å². The highest BCUT2D eigenvalue weighted by Crippen LogP contribution is 2.32. The summed E-state index contributed by atoms with van der Waals surface area (Å²) in [5.41, 5.74) is 0.976. The second-order valence-corrected chi connectivity index (χ2v) is 6.31. The number of nitrogens with one attached hydrogen (secondary N) is 2. The molecule has 0 saturated heterocycles. The molecule has 1 aromatic heterocycles. The fourth-order valence-corrected chi connectivity index (χ4v) is 2.72. The van der Waals surface area contributed by atoms with E-state index >= 15 is 0 Å². The molecule has 2 atom stereocenters. The number of ether oxygens (including phenoxy) is 2. The minimum Gasteiger partial charge on any atom is -0.486 e. The lowest BCUT2D eigenvalue weighted by molar-refractivity contribution is 0.171. The van der Waals surface area contributed by atoms with E-state index in [9.17, 15) is 4.79 Å². The van der Waals surface area contributed by atoms with Gasteiger partial charge in [0.15, 0.2) is 11.5 Å². The number of aromatic nitrogens is 2. The minimum absolute atomic E-state index is 0.128. The zero-order valence-electron chi connectivity index (χ0n) is 14.6. The van der Waals surface area contributed by atoms with Gasteiger partial charge in [-0.15, -0.1) is 0 Å². The smallest absolute Gasteiger partial charge is 0.315 e. The highest BCUT2D eigenvalue weighted by molar-refractivity contribution is 5.74. The Morgan fingerprint density at radius 3 is 2.84 bits per heavy atom. The van der Waals surface area contributed by atoms with Crippen LogP contribution in [0.25, 0.3) is 0 Å². The summed E-state index contributed by atoms with van der Waals surface area (Å²) in [4.78, 5) is 12.1. The summed E-state index contributed by atoms with van der Waals surface area (Å²) in [6.45, 7) is 6.49. The van der Waals surface area contributed by atoms with Gasteiger partial charge in [0.05, 0.1) is 6.04 Å². The first-order chi connectivity index (χ1) is 12.1. The number of hydrogen-bond donors (Lipinski definition) is 2. The molecular weight excluding hydrogens is 320 g/mol. The van der Waals surface area contributed by atoms with Gasteiger partial charge < -0.3 is 20.1 Å². The zero-order chi connectivity index (χ0) is 17.6. The molecule has 3 rings (SSSR count). The van der Waals surface area contributed by atoms with Crippen molar-refractivity contribution in [3.05, 3.63) is 42.2 Å². The minimum atomic E-state index is -0.185. The van der Waals surface area contributed by atoms with Gasteiger partial charge in [0.1, 0.15) is 13.2 Å². The summed E-state index contributed by atoms with van der Waals surface area (Å²) in [7, 11) is 0. The van der Waals surface area contributed by atoms with Crippen molar-refractivity contribution in [2.45, 2.75) is 26.4 Å². The first kappa shape index (κ1) is 17.1. The van der Waals surface area contributed by atoms with Crippen LogP contribution in [0.1, 0.15) is 25.5 Å². The molecule has 2 heterocycles. The number of fused-ring (bicyclic) bond motifs is 1. The largest absolute Gasteiger partial charge is 0.486 e. The van der Waals surface area contributed by atoms with E-state index in [2.05, 4.69) is 22.7 Å². The third kappa shape index (κ3) is 4.65. The topological polar surface area (TPSA) is 77.4 Å². The highest BCUT2D eigenvalue weighted by atomic mass is 16.6. The predicted molar refractivity (Wildman–Crippen MR) is 93.8 cm³/mol. The lowest BCUT2D eigenvalue weighted by Crippen LogP contribution is -2.39. The Labute approximate surface area is 147 Å².